The van der Waals surface area contributed by atoms with Gasteiger partial charge in [-0.3, -0.25) is 14.5 Å². The Labute approximate surface area is 168 Å². The Morgan fingerprint density at radius 3 is 2.67 bits per heavy atom. The summed E-state index contributed by atoms with van der Waals surface area (Å²) in [7, 11) is 0. The van der Waals surface area contributed by atoms with Crippen molar-refractivity contribution >= 4 is 34.5 Å². The summed E-state index contributed by atoms with van der Waals surface area (Å²) in [5.74, 6) is 0.679. The van der Waals surface area contributed by atoms with Gasteiger partial charge in [-0.05, 0) is 55.4 Å². The van der Waals surface area contributed by atoms with Crippen molar-refractivity contribution in [2.75, 3.05) is 19.6 Å². The summed E-state index contributed by atoms with van der Waals surface area (Å²) in [5.41, 5.74) is 0. The van der Waals surface area contributed by atoms with E-state index >= 15 is 0 Å². The molecule has 2 aromatic rings. The third-order valence-electron chi connectivity index (χ3n) is 4.98. The van der Waals surface area contributed by atoms with Crippen LogP contribution in [0, 0.1) is 5.92 Å². The van der Waals surface area contributed by atoms with Crippen LogP contribution in [0.2, 0.25) is 0 Å². The van der Waals surface area contributed by atoms with Crippen LogP contribution in [-0.2, 0) is 11.3 Å². The molecule has 1 aliphatic rings. The van der Waals surface area contributed by atoms with Crippen LogP contribution >= 0.6 is 22.7 Å². The van der Waals surface area contributed by atoms with Gasteiger partial charge in [0.15, 0.2) is 0 Å². The predicted molar refractivity (Wildman–Crippen MR) is 111 cm³/mol. The molecule has 1 fully saturated rings. The average Bonchev–Trinajstić information content (AvgIpc) is 3.33. The number of rotatable bonds is 7. The lowest BCUT2D eigenvalue weighted by molar-refractivity contribution is -0.119. The van der Waals surface area contributed by atoms with E-state index in [1.807, 2.05) is 12.1 Å². The van der Waals surface area contributed by atoms with Crippen molar-refractivity contribution in [1.82, 2.24) is 15.5 Å². The van der Waals surface area contributed by atoms with Crippen LogP contribution in [0.1, 0.15) is 52.2 Å². The standard InChI is InChI=1S/C20H27N3O2S2/c1-14-7-9-23(10-8-14)17(18-4-3-11-26-18)13-22-20(25)19-6-5-16(27-19)12-21-15(2)24/h3-6,11,14,17H,7-10,12-13H2,1-2H3,(H,21,24)(H,22,25). The van der Waals surface area contributed by atoms with Crippen LogP contribution in [0.5, 0.6) is 0 Å². The normalized spacial score (nSPS) is 16.8. The molecule has 0 aromatic carbocycles. The summed E-state index contributed by atoms with van der Waals surface area (Å²) < 4.78 is 0. The highest BCUT2D eigenvalue weighted by Crippen LogP contribution is 2.29. The number of nitrogens with zero attached hydrogens (tertiary/aromatic N) is 1. The molecule has 1 unspecified atom stereocenters. The minimum absolute atomic E-state index is 0.0407. The van der Waals surface area contributed by atoms with Crippen molar-refractivity contribution in [1.29, 1.82) is 0 Å². The summed E-state index contributed by atoms with van der Waals surface area (Å²) in [6.07, 6.45) is 2.43. The third-order valence-corrected chi connectivity index (χ3v) is 7.04. The molecule has 1 atom stereocenters. The number of hydrogen-bond donors (Lipinski definition) is 2. The lowest BCUT2D eigenvalue weighted by atomic mass is 9.97. The van der Waals surface area contributed by atoms with E-state index in [0.29, 0.717) is 18.0 Å². The van der Waals surface area contributed by atoms with Crippen LogP contribution < -0.4 is 10.6 Å². The molecule has 2 N–H and O–H groups in total. The van der Waals surface area contributed by atoms with Crippen LogP contribution in [0.25, 0.3) is 0 Å². The van der Waals surface area contributed by atoms with Crippen molar-refractivity contribution in [3.8, 4) is 0 Å². The highest BCUT2D eigenvalue weighted by Gasteiger charge is 2.26. The monoisotopic (exact) mass is 405 g/mol. The summed E-state index contributed by atoms with van der Waals surface area (Å²) in [6.45, 7) is 7.06. The predicted octanol–water partition coefficient (Wildman–Crippen LogP) is 3.65. The molecule has 5 nitrogen and oxygen atoms in total. The number of amides is 2. The van der Waals surface area contributed by atoms with Crippen LogP contribution in [0.4, 0.5) is 0 Å². The molecule has 0 aliphatic carbocycles. The maximum Gasteiger partial charge on any atom is 0.261 e. The van der Waals surface area contributed by atoms with E-state index < -0.39 is 0 Å². The van der Waals surface area contributed by atoms with Gasteiger partial charge in [0.05, 0.1) is 17.5 Å². The quantitative estimate of drug-likeness (QED) is 0.739. The minimum atomic E-state index is -0.0657. The molecular formula is C20H27N3O2S2. The van der Waals surface area contributed by atoms with Crippen molar-refractivity contribution in [2.45, 2.75) is 39.3 Å². The fraction of sp³-hybridized carbons (Fsp3) is 0.500. The Bertz CT molecular complexity index is 749. The number of piperidine rings is 1. The van der Waals surface area contributed by atoms with Crippen molar-refractivity contribution in [3.05, 3.63) is 44.3 Å². The first-order valence-electron chi connectivity index (χ1n) is 9.41. The molecular weight excluding hydrogens is 378 g/mol. The van der Waals surface area contributed by atoms with Gasteiger partial charge in [0, 0.05) is 23.2 Å². The van der Waals surface area contributed by atoms with Gasteiger partial charge in [-0.25, -0.2) is 0 Å². The lowest BCUT2D eigenvalue weighted by Gasteiger charge is -2.36. The SMILES string of the molecule is CC(=O)NCc1ccc(C(=O)NCC(c2cccs2)N2CCC(C)CC2)s1. The van der Waals surface area contributed by atoms with Crippen LogP contribution in [0.3, 0.4) is 0 Å². The Morgan fingerprint density at radius 1 is 1.22 bits per heavy atom. The van der Waals surface area contributed by atoms with E-state index in [-0.39, 0.29) is 17.9 Å². The number of nitrogens with one attached hydrogen (secondary N) is 2. The lowest BCUT2D eigenvalue weighted by Crippen LogP contribution is -2.41. The van der Waals surface area contributed by atoms with Crippen molar-refractivity contribution in [2.24, 2.45) is 5.92 Å². The zero-order chi connectivity index (χ0) is 19.2. The van der Waals surface area contributed by atoms with Crippen molar-refractivity contribution < 1.29 is 9.59 Å². The van der Waals surface area contributed by atoms with E-state index in [1.165, 1.54) is 36.0 Å². The van der Waals surface area contributed by atoms with E-state index in [9.17, 15) is 9.59 Å². The molecule has 2 amide bonds. The van der Waals surface area contributed by atoms with Crippen molar-refractivity contribution in [3.63, 3.8) is 0 Å². The molecule has 146 valence electrons. The topological polar surface area (TPSA) is 61.4 Å². The summed E-state index contributed by atoms with van der Waals surface area (Å²) >= 11 is 3.19. The molecule has 0 spiro atoms. The highest BCUT2D eigenvalue weighted by molar-refractivity contribution is 7.14. The summed E-state index contributed by atoms with van der Waals surface area (Å²) in [5, 5.41) is 7.99. The number of hydrogen-bond acceptors (Lipinski definition) is 5. The Hall–Kier alpha value is -1.70. The smallest absolute Gasteiger partial charge is 0.261 e. The van der Waals surface area contributed by atoms with Gasteiger partial charge in [0.2, 0.25) is 5.91 Å². The molecule has 0 bridgehead atoms. The maximum atomic E-state index is 12.6. The highest BCUT2D eigenvalue weighted by atomic mass is 32.1. The molecule has 3 heterocycles. The molecule has 1 aliphatic heterocycles. The fourth-order valence-electron chi connectivity index (χ4n) is 3.31. The molecule has 0 radical (unpaired) electrons. The van der Waals surface area contributed by atoms with Gasteiger partial charge in [0.25, 0.3) is 5.91 Å². The largest absolute Gasteiger partial charge is 0.351 e. The van der Waals surface area contributed by atoms with E-state index in [2.05, 4.69) is 40.0 Å². The van der Waals surface area contributed by atoms with Gasteiger partial charge in [0.1, 0.15) is 0 Å². The fourth-order valence-corrected chi connectivity index (χ4v) is 5.04. The molecule has 0 saturated carbocycles. The zero-order valence-corrected chi connectivity index (χ0v) is 17.5. The summed E-state index contributed by atoms with van der Waals surface area (Å²) in [6, 6.07) is 8.21. The van der Waals surface area contributed by atoms with Gasteiger partial charge in [-0.15, -0.1) is 22.7 Å². The Kier molecular flexibility index (Phi) is 7.04. The minimum Gasteiger partial charge on any atom is -0.351 e. The van der Waals surface area contributed by atoms with Crippen LogP contribution in [-0.4, -0.2) is 36.3 Å². The second-order valence-electron chi connectivity index (χ2n) is 7.14. The summed E-state index contributed by atoms with van der Waals surface area (Å²) in [4.78, 5) is 29.1. The third kappa shape index (κ3) is 5.64. The molecule has 3 rings (SSSR count). The second-order valence-corrected chi connectivity index (χ2v) is 9.28. The number of likely N-dealkylation sites (tertiary alicyclic amines) is 1. The number of carbonyl (C=O) groups is 2. The van der Waals surface area contributed by atoms with Gasteiger partial charge < -0.3 is 10.6 Å². The van der Waals surface area contributed by atoms with Gasteiger partial charge in [-0.1, -0.05) is 13.0 Å². The first-order valence-corrected chi connectivity index (χ1v) is 11.1. The molecule has 7 heteroatoms. The maximum absolute atomic E-state index is 12.6. The zero-order valence-electron chi connectivity index (χ0n) is 15.9. The Balaban J connectivity index is 1.60. The molecule has 1 saturated heterocycles. The Morgan fingerprint density at radius 2 is 2.00 bits per heavy atom. The number of thiophene rings is 2. The first kappa shape index (κ1) is 20.0. The number of carbonyl (C=O) groups excluding carboxylic acids is 2. The molecule has 27 heavy (non-hydrogen) atoms. The second kappa shape index (κ2) is 9.48. The molecule has 2 aromatic heterocycles. The van der Waals surface area contributed by atoms with Gasteiger partial charge >= 0.3 is 0 Å². The van der Waals surface area contributed by atoms with Crippen LogP contribution in [0.15, 0.2) is 29.6 Å². The van der Waals surface area contributed by atoms with E-state index in [1.54, 1.807) is 11.3 Å². The van der Waals surface area contributed by atoms with E-state index in [0.717, 1.165) is 23.9 Å². The van der Waals surface area contributed by atoms with Gasteiger partial charge in [-0.2, -0.15) is 0 Å². The average molecular weight is 406 g/mol. The van der Waals surface area contributed by atoms with E-state index in [4.69, 9.17) is 0 Å². The first-order chi connectivity index (χ1) is 13.0.